The van der Waals surface area contributed by atoms with Crippen molar-refractivity contribution in [3.8, 4) is 5.75 Å². The summed E-state index contributed by atoms with van der Waals surface area (Å²) in [5.74, 6) is -0.0604. The minimum absolute atomic E-state index is 0. The molecule has 0 aliphatic carbocycles. The van der Waals surface area contributed by atoms with E-state index in [9.17, 15) is 18.5 Å². The van der Waals surface area contributed by atoms with E-state index in [2.05, 4.69) is 4.18 Å². The van der Waals surface area contributed by atoms with Crippen LogP contribution in [-0.2, 0) is 10.1 Å². The van der Waals surface area contributed by atoms with Crippen LogP contribution in [0, 0.1) is 17.0 Å². The Morgan fingerprint density at radius 1 is 1.38 bits per heavy atom. The smallest absolute Gasteiger partial charge is 0.306 e. The normalized spacial score (nSPS) is 10.4. The molecule has 0 aliphatic rings. The van der Waals surface area contributed by atoms with Crippen LogP contribution in [0.5, 0.6) is 5.75 Å². The number of nitro benzene ring substituents is 1. The average Bonchev–Trinajstić information content (AvgIpc) is 2.05. The number of aryl methyl sites for hydroxylation is 1. The van der Waals surface area contributed by atoms with Gasteiger partial charge >= 0.3 is 10.1 Å². The maximum Gasteiger partial charge on any atom is 0.306 e. The Hall–Kier alpha value is -0.630. The van der Waals surface area contributed by atoms with Gasteiger partial charge in [0.15, 0.2) is 0 Å². The molecule has 0 fully saturated rings. The first-order valence-electron chi connectivity index (χ1n) is 3.94. The van der Waals surface area contributed by atoms with Gasteiger partial charge in [-0.1, -0.05) is 0 Å². The van der Waals surface area contributed by atoms with Crippen LogP contribution in [0.4, 0.5) is 5.69 Å². The number of hydrogen-bond donors (Lipinski definition) is 0. The third-order valence-electron chi connectivity index (χ3n) is 1.62. The molecule has 1 rings (SSSR count). The monoisotopic (exact) mass is 254 g/mol. The predicted octanol–water partition coefficient (Wildman–Crippen LogP) is 0.861. The molecule has 0 aliphatic heterocycles. The Bertz CT molecular complexity index is 499. The molecule has 0 saturated heterocycles. The molecule has 0 atom stereocenters. The molecule has 0 bridgehead atoms. The molecule has 0 spiro atoms. The zero-order valence-corrected chi connectivity index (χ0v) is 11.9. The van der Waals surface area contributed by atoms with Crippen molar-refractivity contribution in [2.45, 2.75) is 6.92 Å². The Kier molecular flexibility index (Phi) is 5.40. The maximum atomic E-state index is 10.8. The van der Waals surface area contributed by atoms with Gasteiger partial charge in [0.2, 0.25) is 0 Å². The molecule has 16 heavy (non-hydrogen) atoms. The van der Waals surface area contributed by atoms with E-state index in [0.29, 0.717) is 5.56 Å². The van der Waals surface area contributed by atoms with Crippen LogP contribution in [0.2, 0.25) is 0 Å². The van der Waals surface area contributed by atoms with E-state index >= 15 is 0 Å². The van der Waals surface area contributed by atoms with Crippen molar-refractivity contribution in [1.82, 2.24) is 0 Å². The summed E-state index contributed by atoms with van der Waals surface area (Å²) in [6.45, 7) is 1.56. The van der Waals surface area contributed by atoms with Gasteiger partial charge in [-0.15, -0.1) is 0 Å². The van der Waals surface area contributed by atoms with E-state index in [0.717, 1.165) is 12.3 Å². The van der Waals surface area contributed by atoms with Crippen LogP contribution in [0.25, 0.3) is 0 Å². The fraction of sp³-hybridized carbons (Fsp3) is 0.250. The van der Waals surface area contributed by atoms with Crippen LogP contribution < -0.4 is 4.18 Å². The van der Waals surface area contributed by atoms with Crippen molar-refractivity contribution in [3.63, 3.8) is 0 Å². The molecule has 0 saturated carbocycles. The molecule has 0 aromatic heterocycles. The first kappa shape index (κ1) is 15.4. The summed E-state index contributed by atoms with van der Waals surface area (Å²) in [7, 11) is -3.66. The van der Waals surface area contributed by atoms with Gasteiger partial charge in [0.05, 0.1) is 17.2 Å². The summed E-state index contributed by atoms with van der Waals surface area (Å²) in [5, 5.41) is 10.5. The number of benzene rings is 1. The van der Waals surface area contributed by atoms with Crippen LogP contribution in [0.15, 0.2) is 18.2 Å². The first-order valence-corrected chi connectivity index (χ1v) is 5.76. The Balaban J connectivity index is 0.00000225. The van der Waals surface area contributed by atoms with E-state index < -0.39 is 15.0 Å². The third kappa shape index (κ3) is 4.48. The summed E-state index contributed by atoms with van der Waals surface area (Å²) in [4.78, 5) is 9.95. The minimum atomic E-state index is -3.66. The van der Waals surface area contributed by atoms with Gasteiger partial charge in [-0.2, -0.15) is 8.42 Å². The maximum absolute atomic E-state index is 10.8. The first-order chi connectivity index (χ1) is 6.79. The zero-order chi connectivity index (χ0) is 11.6. The topological polar surface area (TPSA) is 86.5 Å². The molecule has 1 radical (unpaired) electrons. The minimum Gasteiger partial charge on any atom is -0.382 e. The van der Waals surface area contributed by atoms with Gasteiger partial charge in [-0.3, -0.25) is 10.1 Å². The number of hydrogen-bond acceptors (Lipinski definition) is 5. The summed E-state index contributed by atoms with van der Waals surface area (Å²) >= 11 is 0. The SMILES string of the molecule is Cc1ccc(OS(C)(=O)=O)cc1[N+](=O)[O-].[Na]. The van der Waals surface area contributed by atoms with Gasteiger partial charge < -0.3 is 4.18 Å². The molecule has 0 heterocycles. The van der Waals surface area contributed by atoms with Gasteiger partial charge in [-0.25, -0.2) is 0 Å². The van der Waals surface area contributed by atoms with Crippen molar-refractivity contribution in [2.75, 3.05) is 6.26 Å². The van der Waals surface area contributed by atoms with E-state index in [1.165, 1.54) is 12.1 Å². The molecule has 1 aromatic carbocycles. The van der Waals surface area contributed by atoms with Crippen LogP contribution >= 0.6 is 0 Å². The van der Waals surface area contributed by atoms with Crippen molar-refractivity contribution in [1.29, 1.82) is 0 Å². The molecule has 0 amide bonds. The zero-order valence-electron chi connectivity index (χ0n) is 9.13. The standard InChI is InChI=1S/C8H9NO5S.Na/c1-6-3-4-7(14-15(2,12)13)5-8(6)9(10)11;/h3-5H,1-2H3;. The predicted molar refractivity (Wildman–Crippen MR) is 59.1 cm³/mol. The quantitative estimate of drug-likeness (QED) is 0.345. The second kappa shape index (κ2) is 5.62. The van der Waals surface area contributed by atoms with Gasteiger partial charge in [0, 0.05) is 35.1 Å². The van der Waals surface area contributed by atoms with E-state index in [-0.39, 0.29) is 41.0 Å². The fourth-order valence-electron chi connectivity index (χ4n) is 1.01. The largest absolute Gasteiger partial charge is 0.382 e. The summed E-state index contributed by atoms with van der Waals surface area (Å²) in [6, 6.07) is 3.87. The molecule has 6 nitrogen and oxygen atoms in total. The Labute approximate surface area is 115 Å². The van der Waals surface area contributed by atoms with E-state index in [1.54, 1.807) is 6.92 Å². The molecule has 8 heteroatoms. The van der Waals surface area contributed by atoms with Crippen LogP contribution in [0.3, 0.4) is 0 Å². The molecular weight excluding hydrogens is 245 g/mol. The molecular formula is C8H9NNaO5S. The Morgan fingerprint density at radius 3 is 2.38 bits per heavy atom. The number of nitro groups is 1. The molecule has 0 unspecified atom stereocenters. The summed E-state index contributed by atoms with van der Waals surface area (Å²) < 4.78 is 26.1. The van der Waals surface area contributed by atoms with Crippen molar-refractivity contribution in [3.05, 3.63) is 33.9 Å². The van der Waals surface area contributed by atoms with Gasteiger partial charge in [0.1, 0.15) is 5.75 Å². The average molecular weight is 254 g/mol. The number of nitrogens with zero attached hydrogens (tertiary/aromatic N) is 1. The van der Waals surface area contributed by atoms with E-state index in [1.807, 2.05) is 0 Å². The summed E-state index contributed by atoms with van der Waals surface area (Å²) in [5.41, 5.74) is 0.275. The van der Waals surface area contributed by atoms with Crippen LogP contribution in [0.1, 0.15) is 5.56 Å². The summed E-state index contributed by atoms with van der Waals surface area (Å²) in [6.07, 6.45) is 0.874. The second-order valence-electron chi connectivity index (χ2n) is 2.99. The van der Waals surface area contributed by atoms with Crippen molar-refractivity contribution in [2.24, 2.45) is 0 Å². The molecule has 0 N–H and O–H groups in total. The van der Waals surface area contributed by atoms with Crippen molar-refractivity contribution < 1.29 is 17.5 Å². The third-order valence-corrected chi connectivity index (χ3v) is 2.12. The second-order valence-corrected chi connectivity index (χ2v) is 4.57. The van der Waals surface area contributed by atoms with Gasteiger partial charge in [0.25, 0.3) is 5.69 Å². The fourth-order valence-corrected chi connectivity index (χ4v) is 1.47. The Morgan fingerprint density at radius 2 is 1.94 bits per heavy atom. The van der Waals surface area contributed by atoms with Crippen molar-refractivity contribution >= 4 is 45.4 Å². The van der Waals surface area contributed by atoms with Gasteiger partial charge in [-0.05, 0) is 19.1 Å². The number of rotatable bonds is 3. The van der Waals surface area contributed by atoms with E-state index in [4.69, 9.17) is 0 Å². The molecule has 1 aromatic rings. The van der Waals surface area contributed by atoms with Crippen LogP contribution in [-0.4, -0.2) is 49.2 Å². The molecule has 83 valence electrons.